The van der Waals surface area contributed by atoms with Gasteiger partial charge in [0.15, 0.2) is 0 Å². The highest BCUT2D eigenvalue weighted by Crippen LogP contribution is 2.25. The second kappa shape index (κ2) is 9.24. The van der Waals surface area contributed by atoms with Crippen molar-refractivity contribution in [2.75, 3.05) is 19.8 Å². The summed E-state index contributed by atoms with van der Waals surface area (Å²) in [5, 5.41) is 9.08. The van der Waals surface area contributed by atoms with E-state index in [4.69, 9.17) is 19.3 Å². The van der Waals surface area contributed by atoms with E-state index in [1.165, 1.54) is 12.5 Å². The van der Waals surface area contributed by atoms with Gasteiger partial charge in [0.05, 0.1) is 13.2 Å². The lowest BCUT2D eigenvalue weighted by molar-refractivity contribution is -0.271. The molecule has 6 heteroatoms. The van der Waals surface area contributed by atoms with Crippen LogP contribution in [0.3, 0.4) is 0 Å². The molecule has 0 radical (unpaired) electrons. The van der Waals surface area contributed by atoms with Gasteiger partial charge in [-0.15, -0.1) is 0 Å². The van der Waals surface area contributed by atoms with Crippen molar-refractivity contribution in [1.29, 1.82) is 0 Å². The van der Waals surface area contributed by atoms with Crippen molar-refractivity contribution in [3.8, 4) is 0 Å². The van der Waals surface area contributed by atoms with E-state index in [1.54, 1.807) is 6.26 Å². The maximum absolute atomic E-state index is 11.1. The first-order valence-corrected chi connectivity index (χ1v) is 9.71. The Hall–Kier alpha value is -2.05. The minimum absolute atomic E-state index is 0.259. The van der Waals surface area contributed by atoms with Crippen molar-refractivity contribution in [1.82, 2.24) is 4.90 Å². The number of hydrogen-bond donors (Lipinski definition) is 1. The van der Waals surface area contributed by atoms with Crippen LogP contribution in [-0.2, 0) is 19.0 Å². The zero-order valence-electron chi connectivity index (χ0n) is 15.9. The summed E-state index contributed by atoms with van der Waals surface area (Å²) in [7, 11) is 0. The summed E-state index contributed by atoms with van der Waals surface area (Å²) in [6.07, 6.45) is 18.4. The predicted molar refractivity (Wildman–Crippen MR) is 101 cm³/mol. The molecular formula is C21H29NO5. The number of carbonyl (C=O) groups is 1. The van der Waals surface area contributed by atoms with Gasteiger partial charge in [-0.3, -0.25) is 0 Å². The second-order valence-electron chi connectivity index (χ2n) is 7.44. The molecule has 2 heterocycles. The number of nitrogens with zero attached hydrogens (tertiary/aromatic N) is 1. The van der Waals surface area contributed by atoms with Gasteiger partial charge in [-0.2, -0.15) is 0 Å². The van der Waals surface area contributed by atoms with Crippen LogP contribution in [0.4, 0.5) is 0 Å². The van der Waals surface area contributed by atoms with Gasteiger partial charge >= 0.3 is 5.97 Å². The molecular weight excluding hydrogens is 346 g/mol. The van der Waals surface area contributed by atoms with E-state index in [1.807, 2.05) is 6.20 Å². The first-order chi connectivity index (χ1) is 13.0. The Morgan fingerprint density at radius 3 is 2.85 bits per heavy atom. The molecule has 0 amide bonds. The maximum atomic E-state index is 11.1. The predicted octanol–water partition coefficient (Wildman–Crippen LogP) is 3.93. The van der Waals surface area contributed by atoms with Crippen molar-refractivity contribution in [3.05, 3.63) is 48.2 Å². The Morgan fingerprint density at radius 2 is 2.15 bits per heavy atom. The van der Waals surface area contributed by atoms with E-state index < -0.39 is 11.8 Å². The third kappa shape index (κ3) is 5.71. The molecule has 1 saturated heterocycles. The summed E-state index contributed by atoms with van der Waals surface area (Å²) in [4.78, 5) is 13.3. The molecule has 3 aliphatic rings. The summed E-state index contributed by atoms with van der Waals surface area (Å²) >= 11 is 0. The molecule has 1 aliphatic carbocycles. The molecule has 1 N–H and O–H groups in total. The number of allylic oxidation sites excluding steroid dienone is 4. The number of ether oxygens (including phenoxy) is 3. The normalized spacial score (nSPS) is 27.7. The van der Waals surface area contributed by atoms with Gasteiger partial charge in [0.2, 0.25) is 0 Å². The Morgan fingerprint density at radius 1 is 1.33 bits per heavy atom. The smallest absolute Gasteiger partial charge is 0.364 e. The fourth-order valence-corrected chi connectivity index (χ4v) is 3.37. The Balaban J connectivity index is 1.35. The fourth-order valence-electron chi connectivity index (χ4n) is 3.37. The topological polar surface area (TPSA) is 68.2 Å². The van der Waals surface area contributed by atoms with Crippen LogP contribution < -0.4 is 0 Å². The molecule has 0 bridgehead atoms. The van der Waals surface area contributed by atoms with Crippen LogP contribution in [0, 0.1) is 5.92 Å². The first-order valence-electron chi connectivity index (χ1n) is 9.71. The molecule has 0 aromatic carbocycles. The molecule has 3 rings (SSSR count). The maximum Gasteiger partial charge on any atom is 0.364 e. The van der Waals surface area contributed by atoms with Crippen molar-refractivity contribution in [2.45, 2.75) is 51.2 Å². The molecule has 2 aliphatic heterocycles. The van der Waals surface area contributed by atoms with Crippen molar-refractivity contribution >= 4 is 5.97 Å². The van der Waals surface area contributed by atoms with Crippen LogP contribution in [0.15, 0.2) is 48.2 Å². The zero-order chi connectivity index (χ0) is 19.1. The molecule has 6 nitrogen and oxygen atoms in total. The average Bonchev–Trinajstić information content (AvgIpc) is 2.68. The number of aliphatic carboxylic acids is 1. The van der Waals surface area contributed by atoms with E-state index in [2.05, 4.69) is 29.3 Å². The van der Waals surface area contributed by atoms with Crippen LogP contribution in [0.25, 0.3) is 0 Å². The number of carboxylic acids is 1. The summed E-state index contributed by atoms with van der Waals surface area (Å²) in [6.45, 7) is 3.27. The molecule has 0 aromatic rings. The lowest BCUT2D eigenvalue weighted by Crippen LogP contribution is -2.47. The number of unbranched alkanes of at least 4 members (excludes halogenated alkanes) is 1. The molecule has 0 aromatic heterocycles. The summed E-state index contributed by atoms with van der Waals surface area (Å²) < 4.78 is 16.4. The van der Waals surface area contributed by atoms with Crippen LogP contribution in [0.2, 0.25) is 0 Å². The third-order valence-electron chi connectivity index (χ3n) is 5.14. The monoisotopic (exact) mass is 375 g/mol. The summed E-state index contributed by atoms with van der Waals surface area (Å²) in [5.74, 6) is -1.31. The lowest BCUT2D eigenvalue weighted by atomic mass is 10.0. The number of carboxylic acid groups (broad SMARTS) is 1. The summed E-state index contributed by atoms with van der Waals surface area (Å²) in [5.41, 5.74) is 1.41. The zero-order valence-corrected chi connectivity index (χ0v) is 15.9. The van der Waals surface area contributed by atoms with Gasteiger partial charge in [0.25, 0.3) is 5.79 Å². The Labute approximate surface area is 160 Å². The van der Waals surface area contributed by atoms with Gasteiger partial charge < -0.3 is 24.2 Å². The van der Waals surface area contributed by atoms with E-state index >= 15 is 0 Å². The van der Waals surface area contributed by atoms with Gasteiger partial charge in [0, 0.05) is 38.2 Å². The highest BCUT2D eigenvalue weighted by Gasteiger charge is 2.40. The minimum Gasteiger partial charge on any atom is -0.477 e. The quantitative estimate of drug-likeness (QED) is 0.648. The van der Waals surface area contributed by atoms with Crippen molar-refractivity contribution in [3.63, 3.8) is 0 Å². The van der Waals surface area contributed by atoms with E-state index in [0.29, 0.717) is 13.2 Å². The molecule has 148 valence electrons. The van der Waals surface area contributed by atoms with Gasteiger partial charge in [-0.1, -0.05) is 30.2 Å². The fraction of sp³-hybridized carbons (Fsp3) is 0.571. The first kappa shape index (κ1) is 19.7. The third-order valence-corrected chi connectivity index (χ3v) is 5.14. The average molecular weight is 375 g/mol. The highest BCUT2D eigenvalue weighted by molar-refractivity contribution is 5.75. The van der Waals surface area contributed by atoms with Crippen LogP contribution in [0.5, 0.6) is 0 Å². The van der Waals surface area contributed by atoms with E-state index in [9.17, 15) is 4.79 Å². The van der Waals surface area contributed by atoms with Crippen LogP contribution in [-0.4, -0.2) is 41.5 Å². The van der Waals surface area contributed by atoms with Crippen molar-refractivity contribution in [2.24, 2.45) is 5.92 Å². The molecule has 1 fully saturated rings. The van der Waals surface area contributed by atoms with Gasteiger partial charge in [-0.25, -0.2) is 4.79 Å². The van der Waals surface area contributed by atoms with Gasteiger partial charge in [0.1, 0.15) is 12.0 Å². The van der Waals surface area contributed by atoms with Crippen molar-refractivity contribution < 1.29 is 24.1 Å². The minimum atomic E-state index is -1.49. The molecule has 27 heavy (non-hydrogen) atoms. The number of rotatable bonds is 8. The lowest BCUT2D eigenvalue weighted by Gasteiger charge is -2.34. The molecule has 0 atom stereocenters. The second-order valence-corrected chi connectivity index (χ2v) is 7.44. The standard InChI is InChI=1S/C21H29NO5/c1-21(20(23)24)26-15-18(16-27-21)9-5-6-10-22-11-12-25-19(14-22)13-17-7-3-2-4-8-17/h2-3,7,11-12,14,18H,4-6,8-10,13,15-16H2,1H3,(H,23,24). The highest BCUT2D eigenvalue weighted by atomic mass is 16.7. The Bertz CT molecular complexity index is 641. The van der Waals surface area contributed by atoms with E-state index in [-0.39, 0.29) is 5.92 Å². The summed E-state index contributed by atoms with van der Waals surface area (Å²) in [6, 6.07) is 0. The van der Waals surface area contributed by atoms with Gasteiger partial charge in [-0.05, 0) is 25.7 Å². The SMILES string of the molecule is CC1(C(=O)O)OCC(CCCCN2C=COC(CC3=CC=CCC3)=C2)CO1. The molecule has 0 unspecified atom stereocenters. The number of hydrogen-bond acceptors (Lipinski definition) is 5. The van der Waals surface area contributed by atoms with Crippen LogP contribution >= 0.6 is 0 Å². The molecule has 0 saturated carbocycles. The molecule has 0 spiro atoms. The Kier molecular flexibility index (Phi) is 6.74. The van der Waals surface area contributed by atoms with Crippen LogP contribution in [0.1, 0.15) is 45.4 Å². The largest absolute Gasteiger partial charge is 0.477 e. The van der Waals surface area contributed by atoms with E-state index in [0.717, 1.165) is 50.8 Å².